The Kier molecular flexibility index (Phi) is 6.78. The normalized spacial score (nSPS) is 18.5. The first-order valence-corrected chi connectivity index (χ1v) is 6.91. The van der Waals surface area contributed by atoms with E-state index < -0.39 is 0 Å². The molecule has 1 saturated heterocycles. The van der Waals surface area contributed by atoms with Crippen molar-refractivity contribution in [2.24, 2.45) is 0 Å². The molecule has 0 radical (unpaired) electrons. The molecule has 0 bridgehead atoms. The van der Waals surface area contributed by atoms with E-state index in [9.17, 15) is 4.79 Å². The minimum atomic E-state index is -0.0651. The maximum Gasteiger partial charge on any atom is 0.237 e. The molecule has 0 aliphatic carbocycles. The smallest absolute Gasteiger partial charge is 0.237 e. The molecule has 1 aliphatic heterocycles. The second kappa shape index (κ2) is 8.10. The molecule has 1 amide bonds. The van der Waals surface area contributed by atoms with Gasteiger partial charge < -0.3 is 20.1 Å². The van der Waals surface area contributed by atoms with Crippen molar-refractivity contribution in [3.63, 3.8) is 0 Å². The van der Waals surface area contributed by atoms with Crippen molar-refractivity contribution in [2.75, 3.05) is 20.8 Å². The lowest BCUT2D eigenvalue weighted by atomic mass is 10.1. The highest BCUT2D eigenvalue weighted by molar-refractivity contribution is 5.85. The van der Waals surface area contributed by atoms with Crippen molar-refractivity contribution in [1.82, 2.24) is 10.6 Å². The lowest BCUT2D eigenvalue weighted by Crippen LogP contribution is -2.41. The van der Waals surface area contributed by atoms with E-state index in [1.54, 1.807) is 14.2 Å². The summed E-state index contributed by atoms with van der Waals surface area (Å²) in [6, 6.07) is 5.56. The molecule has 0 saturated carbocycles. The van der Waals surface area contributed by atoms with Crippen LogP contribution >= 0.6 is 12.4 Å². The lowest BCUT2D eigenvalue weighted by molar-refractivity contribution is -0.123. The van der Waals surface area contributed by atoms with Crippen LogP contribution in [0.1, 0.15) is 31.4 Å². The minimum absolute atomic E-state index is 0. The van der Waals surface area contributed by atoms with Crippen molar-refractivity contribution < 1.29 is 14.3 Å². The Morgan fingerprint density at radius 1 is 1.33 bits per heavy atom. The summed E-state index contributed by atoms with van der Waals surface area (Å²) in [7, 11) is 3.21. The number of ether oxygens (including phenoxy) is 2. The van der Waals surface area contributed by atoms with Crippen LogP contribution in [0.15, 0.2) is 18.2 Å². The summed E-state index contributed by atoms with van der Waals surface area (Å²) in [5.74, 6) is 1.42. The number of amides is 1. The molecule has 1 aromatic carbocycles. The van der Waals surface area contributed by atoms with Gasteiger partial charge in [-0.05, 0) is 44.0 Å². The number of rotatable bonds is 5. The standard InChI is InChI=1S/C15H22N2O3.ClH/c1-10(17-15(18)12-5-4-8-16-12)11-6-7-13(19-2)14(9-11)20-3;/h6-7,9-10,12,16H,4-5,8H2,1-3H3,(H,17,18);1H. The summed E-state index contributed by atoms with van der Waals surface area (Å²) < 4.78 is 10.5. The fraction of sp³-hybridized carbons (Fsp3) is 0.533. The molecule has 1 aliphatic rings. The van der Waals surface area contributed by atoms with Crippen LogP contribution in [0, 0.1) is 0 Å². The molecule has 5 nitrogen and oxygen atoms in total. The number of nitrogens with one attached hydrogen (secondary N) is 2. The summed E-state index contributed by atoms with van der Waals surface area (Å²) in [4.78, 5) is 12.1. The van der Waals surface area contributed by atoms with Crippen molar-refractivity contribution in [2.45, 2.75) is 31.8 Å². The van der Waals surface area contributed by atoms with Crippen LogP contribution in [0.2, 0.25) is 0 Å². The monoisotopic (exact) mass is 314 g/mol. The fourth-order valence-electron chi connectivity index (χ4n) is 2.43. The van der Waals surface area contributed by atoms with Gasteiger partial charge in [0.05, 0.1) is 26.3 Å². The van der Waals surface area contributed by atoms with Crippen LogP contribution in [0.3, 0.4) is 0 Å². The molecule has 2 unspecified atom stereocenters. The topological polar surface area (TPSA) is 59.6 Å². The first-order valence-electron chi connectivity index (χ1n) is 6.91. The number of carbonyl (C=O) groups is 1. The number of methoxy groups -OCH3 is 2. The Balaban J connectivity index is 0.00000220. The van der Waals surface area contributed by atoms with Crippen molar-refractivity contribution >= 4 is 18.3 Å². The van der Waals surface area contributed by atoms with E-state index in [1.807, 2.05) is 25.1 Å². The number of hydrogen-bond acceptors (Lipinski definition) is 4. The number of hydrogen-bond donors (Lipinski definition) is 2. The van der Waals surface area contributed by atoms with Gasteiger partial charge in [-0.15, -0.1) is 12.4 Å². The zero-order chi connectivity index (χ0) is 14.5. The fourth-order valence-corrected chi connectivity index (χ4v) is 2.43. The van der Waals surface area contributed by atoms with Gasteiger partial charge in [0.25, 0.3) is 0 Å². The zero-order valence-electron chi connectivity index (χ0n) is 12.6. The minimum Gasteiger partial charge on any atom is -0.493 e. The molecule has 0 spiro atoms. The quantitative estimate of drug-likeness (QED) is 0.873. The Hall–Kier alpha value is -1.46. The van der Waals surface area contributed by atoms with E-state index >= 15 is 0 Å². The molecule has 6 heteroatoms. The van der Waals surface area contributed by atoms with Gasteiger partial charge in [-0.25, -0.2) is 0 Å². The zero-order valence-corrected chi connectivity index (χ0v) is 13.5. The van der Waals surface area contributed by atoms with Gasteiger partial charge in [-0.1, -0.05) is 6.07 Å². The molecular formula is C15H23ClN2O3. The van der Waals surface area contributed by atoms with Crippen LogP contribution in [0.25, 0.3) is 0 Å². The average molecular weight is 315 g/mol. The van der Waals surface area contributed by atoms with Gasteiger partial charge in [-0.3, -0.25) is 4.79 Å². The highest BCUT2D eigenvalue weighted by Gasteiger charge is 2.23. The third-order valence-corrected chi connectivity index (χ3v) is 3.64. The maximum absolute atomic E-state index is 12.1. The molecule has 1 fully saturated rings. The summed E-state index contributed by atoms with van der Waals surface area (Å²) in [6.45, 7) is 2.89. The average Bonchev–Trinajstić information content (AvgIpc) is 3.00. The van der Waals surface area contributed by atoms with Crippen LogP contribution in [0.4, 0.5) is 0 Å². The van der Waals surface area contributed by atoms with Crippen LogP contribution in [-0.4, -0.2) is 32.7 Å². The van der Waals surface area contributed by atoms with Gasteiger partial charge in [0, 0.05) is 0 Å². The van der Waals surface area contributed by atoms with Crippen molar-refractivity contribution in [3.05, 3.63) is 23.8 Å². The first kappa shape index (κ1) is 17.6. The molecule has 21 heavy (non-hydrogen) atoms. The van der Waals surface area contributed by atoms with E-state index in [-0.39, 0.29) is 30.4 Å². The van der Waals surface area contributed by atoms with Gasteiger partial charge >= 0.3 is 0 Å². The highest BCUT2D eigenvalue weighted by Crippen LogP contribution is 2.29. The third kappa shape index (κ3) is 4.25. The number of benzene rings is 1. The largest absolute Gasteiger partial charge is 0.493 e. The van der Waals surface area contributed by atoms with E-state index in [0.717, 1.165) is 24.9 Å². The molecule has 2 atom stereocenters. The molecule has 118 valence electrons. The Morgan fingerprint density at radius 2 is 2.05 bits per heavy atom. The maximum atomic E-state index is 12.1. The SMILES string of the molecule is COc1ccc(C(C)NC(=O)C2CCCN2)cc1OC.Cl. The number of carbonyl (C=O) groups excluding carboxylic acids is 1. The predicted octanol–water partition coefficient (Wildman–Crippen LogP) is 2.05. The van der Waals surface area contributed by atoms with Gasteiger partial charge in [0.2, 0.25) is 5.91 Å². The first-order chi connectivity index (χ1) is 9.65. The van der Waals surface area contributed by atoms with E-state index in [1.165, 1.54) is 0 Å². The van der Waals surface area contributed by atoms with E-state index in [0.29, 0.717) is 11.5 Å². The predicted molar refractivity (Wildman–Crippen MR) is 84.4 cm³/mol. The number of halogens is 1. The van der Waals surface area contributed by atoms with Crippen LogP contribution in [-0.2, 0) is 4.79 Å². The third-order valence-electron chi connectivity index (χ3n) is 3.64. The van der Waals surface area contributed by atoms with Gasteiger partial charge in [0.1, 0.15) is 0 Å². The van der Waals surface area contributed by atoms with Gasteiger partial charge in [0.15, 0.2) is 11.5 Å². The molecular weight excluding hydrogens is 292 g/mol. The van der Waals surface area contributed by atoms with Crippen molar-refractivity contribution in [1.29, 1.82) is 0 Å². The summed E-state index contributed by atoms with van der Waals surface area (Å²) in [5, 5.41) is 6.23. The van der Waals surface area contributed by atoms with E-state index in [4.69, 9.17) is 9.47 Å². The van der Waals surface area contributed by atoms with Crippen LogP contribution in [0.5, 0.6) is 11.5 Å². The highest BCUT2D eigenvalue weighted by atomic mass is 35.5. The molecule has 1 heterocycles. The Bertz CT molecular complexity index is 476. The Labute approximate surface area is 131 Å². The van der Waals surface area contributed by atoms with Crippen LogP contribution < -0.4 is 20.1 Å². The molecule has 1 aromatic rings. The molecule has 2 rings (SSSR count). The van der Waals surface area contributed by atoms with E-state index in [2.05, 4.69) is 10.6 Å². The summed E-state index contributed by atoms with van der Waals surface area (Å²) in [5.41, 5.74) is 0.994. The summed E-state index contributed by atoms with van der Waals surface area (Å²) in [6.07, 6.45) is 1.97. The molecule has 2 N–H and O–H groups in total. The van der Waals surface area contributed by atoms with Gasteiger partial charge in [-0.2, -0.15) is 0 Å². The summed E-state index contributed by atoms with van der Waals surface area (Å²) >= 11 is 0. The Morgan fingerprint density at radius 3 is 2.62 bits per heavy atom. The van der Waals surface area contributed by atoms with Crippen molar-refractivity contribution in [3.8, 4) is 11.5 Å². The lowest BCUT2D eigenvalue weighted by Gasteiger charge is -2.19. The second-order valence-electron chi connectivity index (χ2n) is 4.99. The molecule has 0 aromatic heterocycles. The second-order valence-corrected chi connectivity index (χ2v) is 4.99.